The molecule has 0 fully saturated rings. The molecule has 0 amide bonds. The molecule has 0 unspecified atom stereocenters. The Hall–Kier alpha value is -0.870. The Morgan fingerprint density at radius 1 is 1.31 bits per heavy atom. The van der Waals surface area contributed by atoms with Crippen molar-refractivity contribution in [2.45, 2.75) is 12.8 Å². The number of H-pyrrole nitrogens is 1. The first-order valence-electron chi connectivity index (χ1n) is 4.25. The van der Waals surface area contributed by atoms with Crippen LogP contribution in [0.15, 0.2) is 4.79 Å². The van der Waals surface area contributed by atoms with Crippen LogP contribution in [0.2, 0.25) is 5.28 Å². The molecule has 2 N–H and O–H groups in total. The lowest BCUT2D eigenvalue weighted by Crippen LogP contribution is -2.19. The van der Waals surface area contributed by atoms with Crippen molar-refractivity contribution in [3.05, 3.63) is 26.9 Å². The van der Waals surface area contributed by atoms with Crippen LogP contribution < -0.4 is 10.9 Å². The van der Waals surface area contributed by atoms with Crippen molar-refractivity contribution < 1.29 is 0 Å². The smallest absolute Gasteiger partial charge is 0.255 e. The van der Waals surface area contributed by atoms with E-state index in [1.165, 1.54) is 0 Å². The molecule has 70 valence electrons. The van der Waals surface area contributed by atoms with E-state index in [4.69, 9.17) is 11.6 Å². The summed E-state index contributed by atoms with van der Waals surface area (Å²) >= 11 is 5.65. The topological polar surface area (TPSA) is 57.8 Å². The molecule has 1 aliphatic rings. The summed E-state index contributed by atoms with van der Waals surface area (Å²) in [4.78, 5) is 18.0. The van der Waals surface area contributed by atoms with E-state index in [9.17, 15) is 4.79 Å². The highest BCUT2D eigenvalue weighted by Crippen LogP contribution is 2.07. The molecule has 4 nitrogen and oxygen atoms in total. The van der Waals surface area contributed by atoms with Crippen LogP contribution in [0.25, 0.3) is 0 Å². The third-order valence-corrected chi connectivity index (χ3v) is 2.34. The van der Waals surface area contributed by atoms with Crippen molar-refractivity contribution in [1.29, 1.82) is 0 Å². The van der Waals surface area contributed by atoms with Crippen molar-refractivity contribution in [2.24, 2.45) is 0 Å². The van der Waals surface area contributed by atoms with Gasteiger partial charge in [0.05, 0.1) is 5.69 Å². The van der Waals surface area contributed by atoms with Gasteiger partial charge in [-0.1, -0.05) is 0 Å². The van der Waals surface area contributed by atoms with Gasteiger partial charge >= 0.3 is 0 Å². The normalized spacial score (nSPS) is 16.4. The molecule has 1 aromatic heterocycles. The van der Waals surface area contributed by atoms with E-state index in [0.29, 0.717) is 0 Å². The van der Waals surface area contributed by atoms with E-state index in [-0.39, 0.29) is 10.8 Å². The maximum atomic E-state index is 11.4. The van der Waals surface area contributed by atoms with Gasteiger partial charge in [-0.3, -0.25) is 9.78 Å². The first-order valence-corrected chi connectivity index (χ1v) is 4.63. The third-order valence-electron chi connectivity index (χ3n) is 2.16. The van der Waals surface area contributed by atoms with Gasteiger partial charge < -0.3 is 5.32 Å². The number of aromatic amines is 1. The zero-order chi connectivity index (χ0) is 9.26. The first kappa shape index (κ1) is 8.72. The van der Waals surface area contributed by atoms with E-state index >= 15 is 0 Å². The Balaban J connectivity index is 2.53. The Morgan fingerprint density at radius 2 is 2.08 bits per heavy atom. The van der Waals surface area contributed by atoms with Crippen LogP contribution in [0, 0.1) is 0 Å². The van der Waals surface area contributed by atoms with Crippen LogP contribution >= 0.6 is 11.6 Å². The fourth-order valence-corrected chi connectivity index (χ4v) is 1.71. The zero-order valence-corrected chi connectivity index (χ0v) is 7.82. The number of rotatable bonds is 0. The largest absolute Gasteiger partial charge is 0.316 e. The van der Waals surface area contributed by atoms with Crippen LogP contribution in [-0.4, -0.2) is 23.1 Å². The highest BCUT2D eigenvalue weighted by Gasteiger charge is 2.12. The zero-order valence-electron chi connectivity index (χ0n) is 7.06. The molecule has 0 saturated carbocycles. The summed E-state index contributed by atoms with van der Waals surface area (Å²) in [6, 6.07) is 0. The molecule has 0 bridgehead atoms. The quantitative estimate of drug-likeness (QED) is 0.584. The van der Waals surface area contributed by atoms with Gasteiger partial charge in [0, 0.05) is 18.5 Å². The Morgan fingerprint density at radius 3 is 2.92 bits per heavy atom. The number of fused-ring (bicyclic) bond motifs is 1. The average Bonchev–Trinajstić information content (AvgIpc) is 2.28. The van der Waals surface area contributed by atoms with Gasteiger partial charge in [-0.05, 0) is 24.6 Å². The minimum absolute atomic E-state index is 0.0984. The number of halogens is 1. The van der Waals surface area contributed by atoms with E-state index in [1.54, 1.807) is 0 Å². The van der Waals surface area contributed by atoms with Gasteiger partial charge in [0.1, 0.15) is 0 Å². The van der Waals surface area contributed by atoms with Crippen molar-refractivity contribution >= 4 is 11.6 Å². The highest BCUT2D eigenvalue weighted by molar-refractivity contribution is 6.28. The lowest BCUT2D eigenvalue weighted by Gasteiger charge is -2.01. The summed E-state index contributed by atoms with van der Waals surface area (Å²) < 4.78 is 0. The van der Waals surface area contributed by atoms with Crippen molar-refractivity contribution in [1.82, 2.24) is 15.3 Å². The molecule has 1 aromatic rings. The van der Waals surface area contributed by atoms with Crippen LogP contribution in [0.3, 0.4) is 0 Å². The molecule has 0 atom stereocenters. The Bertz CT molecular complexity index is 374. The van der Waals surface area contributed by atoms with Gasteiger partial charge in [0.25, 0.3) is 5.56 Å². The average molecular weight is 200 g/mol. The van der Waals surface area contributed by atoms with E-state index in [0.717, 1.165) is 37.2 Å². The molecule has 2 rings (SSSR count). The molecule has 5 heteroatoms. The summed E-state index contributed by atoms with van der Waals surface area (Å²) in [5, 5.41) is 3.39. The van der Waals surface area contributed by atoms with Gasteiger partial charge in [-0.25, -0.2) is 4.98 Å². The number of hydrogen-bond donors (Lipinski definition) is 2. The second kappa shape index (κ2) is 3.47. The first-order chi connectivity index (χ1) is 6.27. The van der Waals surface area contributed by atoms with E-state index in [2.05, 4.69) is 15.3 Å². The SMILES string of the molecule is O=c1[nH]c(Cl)nc2c1CCNCC2. The van der Waals surface area contributed by atoms with Gasteiger partial charge in [-0.2, -0.15) is 0 Å². The standard InChI is InChI=1S/C8H10ClN3O/c9-8-11-6-2-4-10-3-1-5(6)7(13)12-8/h10H,1-4H2,(H,11,12,13). The van der Waals surface area contributed by atoms with Crippen molar-refractivity contribution in [2.75, 3.05) is 13.1 Å². The molecule has 13 heavy (non-hydrogen) atoms. The van der Waals surface area contributed by atoms with Gasteiger partial charge in [0.2, 0.25) is 5.28 Å². The molecule has 0 aromatic carbocycles. The van der Waals surface area contributed by atoms with Gasteiger partial charge in [0.15, 0.2) is 0 Å². The van der Waals surface area contributed by atoms with Gasteiger partial charge in [-0.15, -0.1) is 0 Å². The molecular weight excluding hydrogens is 190 g/mol. The Labute approximate surface area is 80.3 Å². The minimum Gasteiger partial charge on any atom is -0.316 e. The van der Waals surface area contributed by atoms with Crippen molar-refractivity contribution in [3.63, 3.8) is 0 Å². The van der Waals surface area contributed by atoms with E-state index in [1.807, 2.05) is 0 Å². The number of hydrogen-bond acceptors (Lipinski definition) is 3. The fourth-order valence-electron chi connectivity index (χ4n) is 1.52. The minimum atomic E-state index is -0.0984. The molecule has 2 heterocycles. The number of nitrogens with zero attached hydrogens (tertiary/aromatic N) is 1. The lowest BCUT2D eigenvalue weighted by atomic mass is 10.1. The van der Waals surface area contributed by atoms with Crippen LogP contribution in [0.4, 0.5) is 0 Å². The highest BCUT2D eigenvalue weighted by atomic mass is 35.5. The summed E-state index contributed by atoms with van der Waals surface area (Å²) in [5.41, 5.74) is 1.51. The van der Waals surface area contributed by atoms with Crippen molar-refractivity contribution in [3.8, 4) is 0 Å². The summed E-state index contributed by atoms with van der Waals surface area (Å²) in [7, 11) is 0. The van der Waals surface area contributed by atoms with Crippen LogP contribution in [0.5, 0.6) is 0 Å². The predicted molar refractivity (Wildman–Crippen MR) is 50.1 cm³/mol. The summed E-state index contributed by atoms with van der Waals surface area (Å²) in [5.74, 6) is 0. The Kier molecular flexibility index (Phi) is 2.33. The maximum absolute atomic E-state index is 11.4. The monoisotopic (exact) mass is 199 g/mol. The maximum Gasteiger partial charge on any atom is 0.255 e. The molecule has 0 radical (unpaired) electrons. The molecule has 0 spiro atoms. The molecule has 0 aliphatic carbocycles. The second-order valence-electron chi connectivity index (χ2n) is 3.03. The van der Waals surface area contributed by atoms with Crippen LogP contribution in [0.1, 0.15) is 11.3 Å². The third kappa shape index (κ3) is 1.73. The lowest BCUT2D eigenvalue weighted by molar-refractivity contribution is 0.708. The summed E-state index contributed by atoms with van der Waals surface area (Å²) in [6.07, 6.45) is 1.51. The molecule has 0 saturated heterocycles. The number of aromatic nitrogens is 2. The predicted octanol–water partition coefficient (Wildman–Crippen LogP) is 0.111. The molecule has 1 aliphatic heterocycles. The van der Waals surface area contributed by atoms with Crippen LogP contribution in [-0.2, 0) is 12.8 Å². The van der Waals surface area contributed by atoms with E-state index < -0.39 is 0 Å². The fraction of sp³-hybridized carbons (Fsp3) is 0.500. The number of nitrogens with one attached hydrogen (secondary N) is 2. The summed E-state index contributed by atoms with van der Waals surface area (Å²) in [6.45, 7) is 1.69. The second-order valence-corrected chi connectivity index (χ2v) is 3.39. The molecular formula is C8H10ClN3O.